The smallest absolute Gasteiger partial charge is 0.243 e. The van der Waals surface area contributed by atoms with E-state index in [-0.39, 0.29) is 6.54 Å². The van der Waals surface area contributed by atoms with Crippen LogP contribution in [0.15, 0.2) is 39.9 Å². The van der Waals surface area contributed by atoms with E-state index in [1.54, 1.807) is 23.8 Å². The van der Waals surface area contributed by atoms with Gasteiger partial charge < -0.3 is 5.11 Å². The van der Waals surface area contributed by atoms with Crippen LogP contribution in [0.3, 0.4) is 0 Å². The summed E-state index contributed by atoms with van der Waals surface area (Å²) in [5.41, 5.74) is -0.103. The zero-order valence-corrected chi connectivity index (χ0v) is 13.3. The molecule has 0 aliphatic heterocycles. The molecular formula is C14H16FNO3S2. The van der Waals surface area contributed by atoms with Crippen molar-refractivity contribution in [2.75, 3.05) is 6.54 Å². The zero-order valence-electron chi connectivity index (χ0n) is 11.6. The van der Waals surface area contributed by atoms with Gasteiger partial charge in [0.2, 0.25) is 10.0 Å². The summed E-state index contributed by atoms with van der Waals surface area (Å²) in [6.45, 7) is 2.95. The fourth-order valence-corrected chi connectivity index (χ4v) is 3.88. The van der Waals surface area contributed by atoms with Gasteiger partial charge in [0.05, 0.1) is 0 Å². The molecule has 21 heavy (non-hydrogen) atoms. The molecule has 0 aliphatic rings. The van der Waals surface area contributed by atoms with Crippen LogP contribution in [-0.2, 0) is 15.6 Å². The highest BCUT2D eigenvalue weighted by Crippen LogP contribution is 2.23. The van der Waals surface area contributed by atoms with Crippen LogP contribution in [0.5, 0.6) is 0 Å². The van der Waals surface area contributed by atoms with E-state index in [1.807, 2.05) is 0 Å². The minimum absolute atomic E-state index is 0.237. The Kier molecular flexibility index (Phi) is 4.48. The van der Waals surface area contributed by atoms with Crippen LogP contribution in [0.25, 0.3) is 0 Å². The van der Waals surface area contributed by atoms with Crippen LogP contribution >= 0.6 is 11.3 Å². The normalized spacial score (nSPS) is 14.9. The van der Waals surface area contributed by atoms with Gasteiger partial charge in [-0.2, -0.15) is 11.3 Å². The highest BCUT2D eigenvalue weighted by Gasteiger charge is 2.27. The summed E-state index contributed by atoms with van der Waals surface area (Å²) < 4.78 is 40.3. The summed E-state index contributed by atoms with van der Waals surface area (Å²) in [6.07, 6.45) is 0. The number of sulfonamides is 1. The van der Waals surface area contributed by atoms with Gasteiger partial charge in [-0.05, 0) is 53.9 Å². The monoisotopic (exact) mass is 329 g/mol. The van der Waals surface area contributed by atoms with Gasteiger partial charge in [-0.15, -0.1) is 0 Å². The maximum atomic E-state index is 13.7. The minimum atomic E-state index is -4.02. The third-order valence-corrected chi connectivity index (χ3v) is 5.23. The number of benzene rings is 1. The molecule has 0 amide bonds. The first kappa shape index (κ1) is 16.1. The van der Waals surface area contributed by atoms with Crippen molar-refractivity contribution < 1.29 is 17.9 Å². The van der Waals surface area contributed by atoms with E-state index >= 15 is 0 Å². The molecule has 1 atom stereocenters. The average molecular weight is 329 g/mol. The van der Waals surface area contributed by atoms with Crippen LogP contribution in [0.2, 0.25) is 0 Å². The third-order valence-electron chi connectivity index (χ3n) is 3.13. The number of aryl methyl sites for hydroxylation is 1. The molecule has 1 unspecified atom stereocenters. The predicted octanol–water partition coefficient (Wildman–Crippen LogP) is 2.38. The minimum Gasteiger partial charge on any atom is -0.384 e. The van der Waals surface area contributed by atoms with Crippen molar-refractivity contribution in [1.29, 1.82) is 0 Å². The molecule has 2 N–H and O–H groups in total. The van der Waals surface area contributed by atoms with Crippen LogP contribution in [0.4, 0.5) is 4.39 Å². The van der Waals surface area contributed by atoms with Gasteiger partial charge in [0.15, 0.2) is 0 Å². The van der Waals surface area contributed by atoms with Crippen molar-refractivity contribution in [2.45, 2.75) is 24.3 Å². The predicted molar refractivity (Wildman–Crippen MR) is 80.2 cm³/mol. The van der Waals surface area contributed by atoms with Crippen molar-refractivity contribution in [1.82, 2.24) is 4.72 Å². The maximum absolute atomic E-state index is 13.7. The first-order chi connectivity index (χ1) is 9.72. The molecule has 4 nitrogen and oxygen atoms in total. The fourth-order valence-electron chi connectivity index (χ4n) is 1.80. The third kappa shape index (κ3) is 3.68. The highest BCUT2D eigenvalue weighted by atomic mass is 32.2. The topological polar surface area (TPSA) is 66.4 Å². The van der Waals surface area contributed by atoms with Gasteiger partial charge in [-0.25, -0.2) is 17.5 Å². The van der Waals surface area contributed by atoms with E-state index in [0.29, 0.717) is 11.1 Å². The van der Waals surface area contributed by atoms with Crippen molar-refractivity contribution in [3.05, 3.63) is 52.0 Å². The fraction of sp³-hybridized carbons (Fsp3) is 0.286. The van der Waals surface area contributed by atoms with Gasteiger partial charge in [-0.1, -0.05) is 6.07 Å². The molecule has 0 spiro atoms. The Morgan fingerprint density at radius 2 is 2.10 bits per heavy atom. The Hall–Kier alpha value is -1.28. The van der Waals surface area contributed by atoms with Crippen molar-refractivity contribution in [2.24, 2.45) is 0 Å². The van der Waals surface area contributed by atoms with E-state index < -0.39 is 26.3 Å². The van der Waals surface area contributed by atoms with Crippen molar-refractivity contribution >= 4 is 21.4 Å². The van der Waals surface area contributed by atoms with Gasteiger partial charge in [0.1, 0.15) is 16.3 Å². The van der Waals surface area contributed by atoms with Crippen LogP contribution in [-0.4, -0.2) is 20.1 Å². The Morgan fingerprint density at radius 3 is 2.71 bits per heavy atom. The molecule has 0 bridgehead atoms. The van der Waals surface area contributed by atoms with Crippen LogP contribution < -0.4 is 4.72 Å². The Morgan fingerprint density at radius 1 is 1.38 bits per heavy atom. The number of nitrogens with one attached hydrogen (secondary N) is 1. The molecule has 2 rings (SSSR count). The zero-order chi connectivity index (χ0) is 15.7. The molecule has 1 aromatic heterocycles. The lowest BCUT2D eigenvalue weighted by atomic mass is 10.0. The molecule has 7 heteroatoms. The second-order valence-corrected chi connectivity index (χ2v) is 7.56. The maximum Gasteiger partial charge on any atom is 0.243 e. The molecule has 0 fully saturated rings. The lowest BCUT2D eigenvalue weighted by Crippen LogP contribution is -2.38. The van der Waals surface area contributed by atoms with E-state index in [0.717, 1.165) is 6.07 Å². The molecule has 0 radical (unpaired) electrons. The summed E-state index contributed by atoms with van der Waals surface area (Å²) in [5.74, 6) is -0.816. The Labute approximate surface area is 127 Å². The molecule has 114 valence electrons. The summed E-state index contributed by atoms with van der Waals surface area (Å²) in [6, 6.07) is 5.58. The molecule has 1 aromatic carbocycles. The van der Waals surface area contributed by atoms with Crippen molar-refractivity contribution in [3.63, 3.8) is 0 Å². The second kappa shape index (κ2) is 5.84. The molecular weight excluding hydrogens is 313 g/mol. The highest BCUT2D eigenvalue weighted by molar-refractivity contribution is 7.89. The second-order valence-electron chi connectivity index (χ2n) is 5.04. The first-order valence-corrected chi connectivity index (χ1v) is 8.66. The largest absolute Gasteiger partial charge is 0.384 e. The summed E-state index contributed by atoms with van der Waals surface area (Å²) in [4.78, 5) is -0.413. The van der Waals surface area contributed by atoms with Gasteiger partial charge >= 0.3 is 0 Å². The Bertz CT molecular complexity index is 725. The summed E-state index contributed by atoms with van der Waals surface area (Å²) in [7, 11) is -4.02. The van der Waals surface area contributed by atoms with Crippen molar-refractivity contribution in [3.8, 4) is 0 Å². The summed E-state index contributed by atoms with van der Waals surface area (Å²) >= 11 is 1.40. The quantitative estimate of drug-likeness (QED) is 0.885. The summed E-state index contributed by atoms with van der Waals surface area (Å²) in [5, 5.41) is 13.8. The number of aliphatic hydroxyl groups is 1. The van der Waals surface area contributed by atoms with Crippen LogP contribution in [0, 0.1) is 12.7 Å². The molecule has 2 aromatic rings. The number of hydrogen-bond donors (Lipinski definition) is 2. The van der Waals surface area contributed by atoms with E-state index in [2.05, 4.69) is 4.72 Å². The molecule has 0 saturated carbocycles. The van der Waals surface area contributed by atoms with E-state index in [1.165, 1.54) is 30.4 Å². The SMILES string of the molecule is Cc1ccc(F)c(S(=O)(=O)NCC(C)(O)c2ccsc2)c1. The Balaban J connectivity index is 2.21. The molecule has 0 aliphatic carbocycles. The van der Waals surface area contributed by atoms with Gasteiger partial charge in [-0.3, -0.25) is 0 Å². The van der Waals surface area contributed by atoms with Crippen LogP contribution in [0.1, 0.15) is 18.1 Å². The number of thiophene rings is 1. The lowest BCUT2D eigenvalue weighted by molar-refractivity contribution is 0.0632. The number of halogens is 1. The molecule has 1 heterocycles. The van der Waals surface area contributed by atoms with Gasteiger partial charge in [0.25, 0.3) is 0 Å². The standard InChI is InChI=1S/C14H16FNO3S2/c1-10-3-4-12(15)13(7-10)21(18,19)16-9-14(2,17)11-5-6-20-8-11/h3-8,16-17H,9H2,1-2H3. The number of rotatable bonds is 5. The number of hydrogen-bond acceptors (Lipinski definition) is 4. The first-order valence-electron chi connectivity index (χ1n) is 6.23. The molecule has 0 saturated heterocycles. The lowest BCUT2D eigenvalue weighted by Gasteiger charge is -2.22. The van der Waals surface area contributed by atoms with E-state index in [4.69, 9.17) is 0 Å². The van der Waals surface area contributed by atoms with Gasteiger partial charge in [0, 0.05) is 6.54 Å². The van der Waals surface area contributed by atoms with E-state index in [9.17, 15) is 17.9 Å². The average Bonchev–Trinajstić information content (AvgIpc) is 2.94.